The number of likely N-dealkylation sites (tertiary alicyclic amines) is 1. The number of nitrogens with zero attached hydrogens (tertiary/aromatic N) is 2. The van der Waals surface area contributed by atoms with Crippen LogP contribution in [0.4, 0.5) is 4.79 Å². The summed E-state index contributed by atoms with van der Waals surface area (Å²) >= 11 is 0. The largest absolute Gasteiger partial charge is 0.496 e. The number of hydrogen-bond acceptors (Lipinski definition) is 6. The molecule has 2 fully saturated rings. The zero-order valence-corrected chi connectivity index (χ0v) is 17.0. The molecule has 154 valence electrons. The summed E-state index contributed by atoms with van der Waals surface area (Å²) < 4.78 is 21.8. The first-order chi connectivity index (χ1) is 14.1. The Morgan fingerprint density at radius 3 is 2.45 bits per heavy atom. The molecule has 2 heterocycles. The van der Waals surface area contributed by atoms with Crippen LogP contribution in [0.25, 0.3) is 0 Å². The Bertz CT molecular complexity index is 887. The Hall–Kier alpha value is -2.93. The Kier molecular flexibility index (Phi) is 5.49. The first-order valence-corrected chi connectivity index (χ1v) is 9.65. The number of benzene rings is 2. The molecule has 0 aromatic heterocycles. The number of amides is 1. The molecule has 0 radical (unpaired) electrons. The van der Waals surface area contributed by atoms with Gasteiger partial charge in [-0.3, -0.25) is 9.80 Å². The van der Waals surface area contributed by atoms with Crippen molar-refractivity contribution in [1.82, 2.24) is 9.80 Å². The van der Waals surface area contributed by atoms with Gasteiger partial charge in [0.25, 0.3) is 0 Å². The summed E-state index contributed by atoms with van der Waals surface area (Å²) in [5.41, 5.74) is 2.11. The van der Waals surface area contributed by atoms with Crippen LogP contribution in [0.3, 0.4) is 0 Å². The van der Waals surface area contributed by atoms with Crippen LogP contribution in [-0.4, -0.2) is 62.5 Å². The summed E-state index contributed by atoms with van der Waals surface area (Å²) in [5.74, 6) is 2.20. The fraction of sp³-hybridized carbons (Fsp3) is 0.409. The number of rotatable bonds is 7. The first-order valence-electron chi connectivity index (χ1n) is 9.65. The van der Waals surface area contributed by atoms with Crippen molar-refractivity contribution < 1.29 is 23.7 Å². The van der Waals surface area contributed by atoms with E-state index in [4.69, 9.17) is 18.9 Å². The van der Waals surface area contributed by atoms with Crippen LogP contribution < -0.4 is 14.2 Å². The Labute approximate surface area is 170 Å². The molecule has 2 atom stereocenters. The third kappa shape index (κ3) is 3.82. The maximum Gasteiger partial charge on any atom is 0.410 e. The van der Waals surface area contributed by atoms with Gasteiger partial charge in [-0.05, 0) is 23.8 Å². The lowest BCUT2D eigenvalue weighted by Gasteiger charge is -2.23. The standard InChI is InChI=1S/C22H26N2O5/c1-26-18-7-5-4-6-16(18)12-23-13-17-21(14-23)29-22(25)24(17)11-15-8-9-19(27-2)20(10-15)28-3/h4-10,17,21H,11-14H2,1-3H3/t17-,21+/m1/s1. The summed E-state index contributed by atoms with van der Waals surface area (Å²) in [6, 6.07) is 13.8. The molecule has 7 nitrogen and oxygen atoms in total. The normalized spacial score (nSPS) is 21.1. The number of para-hydroxylation sites is 1. The molecule has 0 N–H and O–H groups in total. The van der Waals surface area contributed by atoms with E-state index in [1.807, 2.05) is 41.3 Å². The third-order valence-corrected chi connectivity index (χ3v) is 5.59. The highest BCUT2D eigenvalue weighted by Crippen LogP contribution is 2.33. The monoisotopic (exact) mass is 398 g/mol. The zero-order valence-electron chi connectivity index (χ0n) is 17.0. The van der Waals surface area contributed by atoms with Gasteiger partial charge < -0.3 is 18.9 Å². The Morgan fingerprint density at radius 2 is 1.69 bits per heavy atom. The molecule has 7 heteroatoms. The molecular formula is C22H26N2O5. The average molecular weight is 398 g/mol. The summed E-state index contributed by atoms with van der Waals surface area (Å²) in [6.07, 6.45) is -0.371. The maximum absolute atomic E-state index is 12.4. The summed E-state index contributed by atoms with van der Waals surface area (Å²) in [5, 5.41) is 0. The topological polar surface area (TPSA) is 60.5 Å². The minimum atomic E-state index is -0.258. The molecule has 1 amide bonds. The predicted octanol–water partition coefficient (Wildman–Crippen LogP) is 2.92. The molecule has 2 aromatic rings. The molecule has 2 aliphatic heterocycles. The second kappa shape index (κ2) is 8.21. The lowest BCUT2D eigenvalue weighted by atomic mass is 10.1. The van der Waals surface area contributed by atoms with Crippen LogP contribution in [0.2, 0.25) is 0 Å². The molecule has 29 heavy (non-hydrogen) atoms. The van der Waals surface area contributed by atoms with Crippen LogP contribution in [0, 0.1) is 0 Å². The minimum Gasteiger partial charge on any atom is -0.496 e. The van der Waals surface area contributed by atoms with Gasteiger partial charge in [-0.2, -0.15) is 0 Å². The molecule has 2 saturated heterocycles. The highest BCUT2D eigenvalue weighted by Gasteiger charge is 2.47. The van der Waals surface area contributed by atoms with E-state index in [1.165, 1.54) is 0 Å². The van der Waals surface area contributed by atoms with Crippen molar-refractivity contribution in [1.29, 1.82) is 0 Å². The van der Waals surface area contributed by atoms with Crippen LogP contribution in [-0.2, 0) is 17.8 Å². The fourth-order valence-corrected chi connectivity index (χ4v) is 4.14. The number of fused-ring (bicyclic) bond motifs is 1. The molecule has 0 spiro atoms. The summed E-state index contributed by atoms with van der Waals surface area (Å²) in [7, 11) is 4.90. The zero-order chi connectivity index (χ0) is 20.4. The highest BCUT2D eigenvalue weighted by molar-refractivity contribution is 5.71. The van der Waals surface area contributed by atoms with Crippen molar-refractivity contribution in [2.75, 3.05) is 34.4 Å². The van der Waals surface area contributed by atoms with Gasteiger partial charge >= 0.3 is 6.09 Å². The molecule has 0 bridgehead atoms. The Morgan fingerprint density at radius 1 is 0.931 bits per heavy atom. The van der Waals surface area contributed by atoms with Gasteiger partial charge in [0, 0.05) is 31.7 Å². The molecule has 0 saturated carbocycles. The number of carbonyl (C=O) groups is 1. The van der Waals surface area contributed by atoms with Gasteiger partial charge in [0.1, 0.15) is 11.9 Å². The number of hydrogen-bond donors (Lipinski definition) is 0. The van der Waals surface area contributed by atoms with Crippen LogP contribution in [0.15, 0.2) is 42.5 Å². The van der Waals surface area contributed by atoms with E-state index >= 15 is 0 Å². The van der Waals surface area contributed by atoms with E-state index in [0.717, 1.165) is 36.5 Å². The second-order valence-electron chi connectivity index (χ2n) is 7.31. The van der Waals surface area contributed by atoms with Gasteiger partial charge in [0.15, 0.2) is 11.5 Å². The van der Waals surface area contributed by atoms with Crippen molar-refractivity contribution in [2.24, 2.45) is 0 Å². The van der Waals surface area contributed by atoms with E-state index in [9.17, 15) is 4.79 Å². The highest BCUT2D eigenvalue weighted by atomic mass is 16.6. The quantitative estimate of drug-likeness (QED) is 0.715. The van der Waals surface area contributed by atoms with Gasteiger partial charge in [-0.1, -0.05) is 24.3 Å². The smallest absolute Gasteiger partial charge is 0.410 e. The number of ether oxygens (including phenoxy) is 4. The van der Waals surface area contributed by atoms with E-state index in [2.05, 4.69) is 11.0 Å². The average Bonchev–Trinajstić information content (AvgIpc) is 3.25. The van der Waals surface area contributed by atoms with Crippen LogP contribution in [0.1, 0.15) is 11.1 Å². The van der Waals surface area contributed by atoms with Crippen LogP contribution in [0.5, 0.6) is 17.2 Å². The molecular weight excluding hydrogens is 372 g/mol. The Balaban J connectivity index is 1.46. The van der Waals surface area contributed by atoms with Crippen molar-refractivity contribution >= 4 is 6.09 Å². The SMILES string of the molecule is COc1ccccc1CN1C[C@@H]2OC(=O)N(Cc3ccc(OC)c(OC)c3)[C@@H]2C1. The van der Waals surface area contributed by atoms with Gasteiger partial charge in [-0.25, -0.2) is 4.79 Å². The van der Waals surface area contributed by atoms with Crippen molar-refractivity contribution in [3.63, 3.8) is 0 Å². The van der Waals surface area contributed by atoms with E-state index in [0.29, 0.717) is 18.0 Å². The van der Waals surface area contributed by atoms with Gasteiger partial charge in [0.05, 0.1) is 27.4 Å². The fourth-order valence-electron chi connectivity index (χ4n) is 4.14. The molecule has 0 aliphatic carbocycles. The van der Waals surface area contributed by atoms with E-state index < -0.39 is 0 Å². The van der Waals surface area contributed by atoms with Crippen molar-refractivity contribution in [3.8, 4) is 17.2 Å². The van der Waals surface area contributed by atoms with Crippen LogP contribution >= 0.6 is 0 Å². The number of methoxy groups -OCH3 is 3. The van der Waals surface area contributed by atoms with Crippen molar-refractivity contribution in [3.05, 3.63) is 53.6 Å². The second-order valence-corrected chi connectivity index (χ2v) is 7.31. The summed E-state index contributed by atoms with van der Waals surface area (Å²) in [6.45, 7) is 2.72. The summed E-state index contributed by atoms with van der Waals surface area (Å²) in [4.78, 5) is 16.6. The predicted molar refractivity (Wildman–Crippen MR) is 107 cm³/mol. The molecule has 4 rings (SSSR count). The van der Waals surface area contributed by atoms with Gasteiger partial charge in [0.2, 0.25) is 0 Å². The maximum atomic E-state index is 12.4. The minimum absolute atomic E-state index is 0.0327. The van der Waals surface area contributed by atoms with Crippen molar-refractivity contribution in [2.45, 2.75) is 25.2 Å². The molecule has 0 unspecified atom stereocenters. The van der Waals surface area contributed by atoms with E-state index in [1.54, 1.807) is 21.3 Å². The molecule has 2 aliphatic rings. The number of carbonyl (C=O) groups excluding carboxylic acids is 1. The van der Waals surface area contributed by atoms with E-state index in [-0.39, 0.29) is 18.2 Å². The van der Waals surface area contributed by atoms with Gasteiger partial charge in [-0.15, -0.1) is 0 Å². The lowest BCUT2D eigenvalue weighted by Crippen LogP contribution is -2.37. The molecule has 2 aromatic carbocycles. The lowest BCUT2D eigenvalue weighted by molar-refractivity contribution is 0.119. The first kappa shape index (κ1) is 19.4. The third-order valence-electron chi connectivity index (χ3n) is 5.59.